The molecular weight excluding hydrogens is 374 g/mol. The maximum Gasteiger partial charge on any atom is 0.253 e. The molecule has 4 aromatic rings. The summed E-state index contributed by atoms with van der Waals surface area (Å²) < 4.78 is 1.60. The number of nitrogens with zero attached hydrogens (tertiary/aromatic N) is 4. The maximum absolute atomic E-state index is 12.5. The van der Waals surface area contributed by atoms with Gasteiger partial charge in [0.1, 0.15) is 5.52 Å². The molecule has 0 saturated carbocycles. The van der Waals surface area contributed by atoms with Crippen molar-refractivity contribution in [2.24, 2.45) is 0 Å². The Balaban J connectivity index is 1.51. The van der Waals surface area contributed by atoms with E-state index in [1.165, 1.54) is 5.56 Å². The van der Waals surface area contributed by atoms with Gasteiger partial charge in [-0.15, -0.1) is 5.10 Å². The van der Waals surface area contributed by atoms with E-state index in [2.05, 4.69) is 39.7 Å². The lowest BCUT2D eigenvalue weighted by Crippen LogP contribution is -2.23. The van der Waals surface area contributed by atoms with Crippen LogP contribution in [0.3, 0.4) is 0 Å². The molecule has 28 heavy (non-hydrogen) atoms. The molecule has 1 amide bonds. The largest absolute Gasteiger partial charge is 0.348 e. The molecular formula is C21H18ClN5O. The van der Waals surface area contributed by atoms with E-state index in [4.69, 9.17) is 11.6 Å². The lowest BCUT2D eigenvalue weighted by atomic mass is 10.1. The number of fused-ring (bicyclic) bond motifs is 1. The van der Waals surface area contributed by atoms with Crippen molar-refractivity contribution in [3.05, 3.63) is 82.5 Å². The molecule has 4 rings (SSSR count). The van der Waals surface area contributed by atoms with Gasteiger partial charge < -0.3 is 5.32 Å². The standard InChI is InChI=1S/C21H18ClN5O/c1-2-14-5-7-15(8-6-14)13-24-21(28)17-10-9-16(12-18(17)22)27-20-19(25-26-27)4-3-11-23-20/h3-12H,2,13H2,1H3,(H,24,28). The third-order valence-corrected chi connectivity index (χ3v) is 4.85. The Morgan fingerprint density at radius 1 is 1.11 bits per heavy atom. The highest BCUT2D eigenvalue weighted by molar-refractivity contribution is 6.34. The highest BCUT2D eigenvalue weighted by Crippen LogP contribution is 2.22. The number of hydrogen-bond acceptors (Lipinski definition) is 4. The van der Waals surface area contributed by atoms with E-state index in [1.807, 2.05) is 18.2 Å². The Morgan fingerprint density at radius 3 is 2.64 bits per heavy atom. The first kappa shape index (κ1) is 18.1. The first-order chi connectivity index (χ1) is 13.7. The van der Waals surface area contributed by atoms with Gasteiger partial charge in [-0.3, -0.25) is 4.79 Å². The topological polar surface area (TPSA) is 72.7 Å². The van der Waals surface area contributed by atoms with Crippen molar-refractivity contribution >= 4 is 28.7 Å². The lowest BCUT2D eigenvalue weighted by molar-refractivity contribution is 0.0951. The molecule has 2 heterocycles. The average molecular weight is 392 g/mol. The third-order valence-electron chi connectivity index (χ3n) is 4.53. The van der Waals surface area contributed by atoms with Crippen LogP contribution in [0.4, 0.5) is 0 Å². The molecule has 0 saturated heterocycles. The molecule has 2 aromatic heterocycles. The molecule has 140 valence electrons. The molecule has 0 radical (unpaired) electrons. The fraction of sp³-hybridized carbons (Fsp3) is 0.143. The highest BCUT2D eigenvalue weighted by atomic mass is 35.5. The Hall–Kier alpha value is -3.25. The smallest absolute Gasteiger partial charge is 0.253 e. The number of halogens is 1. The summed E-state index contributed by atoms with van der Waals surface area (Å²) in [6.07, 6.45) is 2.67. The summed E-state index contributed by atoms with van der Waals surface area (Å²) in [7, 11) is 0. The molecule has 6 nitrogen and oxygen atoms in total. The quantitative estimate of drug-likeness (QED) is 0.558. The van der Waals surface area contributed by atoms with Gasteiger partial charge in [0.25, 0.3) is 5.91 Å². The predicted octanol–water partition coefficient (Wildman–Crippen LogP) is 3.96. The number of amides is 1. The first-order valence-electron chi connectivity index (χ1n) is 8.98. The second-order valence-corrected chi connectivity index (χ2v) is 6.77. The first-order valence-corrected chi connectivity index (χ1v) is 9.36. The van der Waals surface area contributed by atoms with Crippen molar-refractivity contribution in [3.8, 4) is 5.69 Å². The van der Waals surface area contributed by atoms with Gasteiger partial charge in [-0.25, -0.2) is 4.98 Å². The van der Waals surface area contributed by atoms with Crippen molar-refractivity contribution in [2.75, 3.05) is 0 Å². The minimum atomic E-state index is -0.224. The summed E-state index contributed by atoms with van der Waals surface area (Å²) in [5, 5.41) is 11.5. The van der Waals surface area contributed by atoms with Crippen LogP contribution in [0.2, 0.25) is 5.02 Å². The van der Waals surface area contributed by atoms with Crippen LogP contribution in [0.5, 0.6) is 0 Å². The number of aromatic nitrogens is 4. The minimum Gasteiger partial charge on any atom is -0.348 e. The fourth-order valence-electron chi connectivity index (χ4n) is 2.93. The van der Waals surface area contributed by atoms with Crippen molar-refractivity contribution in [3.63, 3.8) is 0 Å². The molecule has 7 heteroatoms. The highest BCUT2D eigenvalue weighted by Gasteiger charge is 2.13. The molecule has 1 N–H and O–H groups in total. The van der Waals surface area contributed by atoms with Gasteiger partial charge in [-0.1, -0.05) is 48.0 Å². The summed E-state index contributed by atoms with van der Waals surface area (Å²) >= 11 is 6.37. The van der Waals surface area contributed by atoms with E-state index in [1.54, 1.807) is 35.1 Å². The van der Waals surface area contributed by atoms with Gasteiger partial charge in [-0.05, 0) is 47.9 Å². The number of rotatable bonds is 5. The summed E-state index contributed by atoms with van der Waals surface area (Å²) in [6, 6.07) is 17.0. The molecule has 0 unspecified atom stereocenters. The van der Waals surface area contributed by atoms with Gasteiger partial charge in [-0.2, -0.15) is 4.68 Å². The zero-order valence-electron chi connectivity index (χ0n) is 15.3. The number of carbonyl (C=O) groups excluding carboxylic acids is 1. The molecule has 0 spiro atoms. The van der Waals surface area contributed by atoms with Crippen LogP contribution < -0.4 is 5.32 Å². The number of pyridine rings is 1. The van der Waals surface area contributed by atoms with Crippen LogP contribution in [0.25, 0.3) is 16.9 Å². The maximum atomic E-state index is 12.5. The summed E-state index contributed by atoms with van der Waals surface area (Å²) in [6.45, 7) is 2.55. The van der Waals surface area contributed by atoms with Crippen molar-refractivity contribution in [1.29, 1.82) is 0 Å². The molecule has 0 aliphatic rings. The molecule has 0 atom stereocenters. The summed E-state index contributed by atoms with van der Waals surface area (Å²) in [4.78, 5) is 16.8. The van der Waals surface area contributed by atoms with Gasteiger partial charge in [0.15, 0.2) is 5.65 Å². The van der Waals surface area contributed by atoms with Crippen LogP contribution in [0.1, 0.15) is 28.4 Å². The van der Waals surface area contributed by atoms with E-state index >= 15 is 0 Å². The van der Waals surface area contributed by atoms with E-state index in [9.17, 15) is 4.79 Å². The normalized spacial score (nSPS) is 10.9. The SMILES string of the molecule is CCc1ccc(CNC(=O)c2ccc(-n3nnc4cccnc43)cc2Cl)cc1. The second-order valence-electron chi connectivity index (χ2n) is 6.36. The van der Waals surface area contributed by atoms with E-state index in [-0.39, 0.29) is 5.91 Å². The molecule has 0 aliphatic carbocycles. The van der Waals surface area contributed by atoms with Crippen LogP contribution >= 0.6 is 11.6 Å². The number of aryl methyl sites for hydroxylation is 1. The number of carbonyl (C=O) groups is 1. The Morgan fingerprint density at radius 2 is 1.89 bits per heavy atom. The Labute approximate surface area is 167 Å². The number of nitrogens with one attached hydrogen (secondary N) is 1. The molecule has 0 fully saturated rings. The van der Waals surface area contributed by atoms with Crippen LogP contribution in [0, 0.1) is 0 Å². The zero-order valence-corrected chi connectivity index (χ0v) is 16.0. The number of hydrogen-bond donors (Lipinski definition) is 1. The van der Waals surface area contributed by atoms with Crippen LogP contribution in [-0.4, -0.2) is 25.9 Å². The van der Waals surface area contributed by atoms with E-state index < -0.39 is 0 Å². The van der Waals surface area contributed by atoms with Gasteiger partial charge in [0.05, 0.1) is 16.3 Å². The Kier molecular flexibility index (Phi) is 5.04. The zero-order chi connectivity index (χ0) is 19.5. The van der Waals surface area contributed by atoms with E-state index in [0.29, 0.717) is 34.0 Å². The second kappa shape index (κ2) is 7.78. The van der Waals surface area contributed by atoms with E-state index in [0.717, 1.165) is 12.0 Å². The van der Waals surface area contributed by atoms with Crippen LogP contribution in [-0.2, 0) is 13.0 Å². The van der Waals surface area contributed by atoms with Crippen molar-refractivity contribution in [2.45, 2.75) is 19.9 Å². The summed E-state index contributed by atoms with van der Waals surface area (Å²) in [5.74, 6) is -0.224. The average Bonchev–Trinajstić information content (AvgIpc) is 3.16. The third kappa shape index (κ3) is 3.59. The lowest BCUT2D eigenvalue weighted by Gasteiger charge is -2.09. The van der Waals surface area contributed by atoms with Crippen LogP contribution in [0.15, 0.2) is 60.8 Å². The van der Waals surface area contributed by atoms with Gasteiger partial charge in [0, 0.05) is 12.7 Å². The molecule has 0 bridgehead atoms. The monoisotopic (exact) mass is 391 g/mol. The minimum absolute atomic E-state index is 0.224. The van der Waals surface area contributed by atoms with Gasteiger partial charge >= 0.3 is 0 Å². The molecule has 2 aromatic carbocycles. The fourth-order valence-corrected chi connectivity index (χ4v) is 3.19. The predicted molar refractivity (Wildman–Crippen MR) is 109 cm³/mol. The Bertz CT molecular complexity index is 1140. The van der Waals surface area contributed by atoms with Gasteiger partial charge in [0.2, 0.25) is 0 Å². The molecule has 0 aliphatic heterocycles. The van der Waals surface area contributed by atoms with Crippen molar-refractivity contribution in [1.82, 2.24) is 25.3 Å². The number of benzene rings is 2. The van der Waals surface area contributed by atoms with Crippen molar-refractivity contribution < 1.29 is 4.79 Å². The summed E-state index contributed by atoms with van der Waals surface area (Å²) in [5.41, 5.74) is 4.73.